The molecule has 0 unspecified atom stereocenters. The number of carboxylic acid groups (broad SMARTS) is 1. The molecule has 1 saturated heterocycles. The van der Waals surface area contributed by atoms with Crippen LogP contribution in [0.3, 0.4) is 0 Å². The highest BCUT2D eigenvalue weighted by molar-refractivity contribution is 6.23. The van der Waals surface area contributed by atoms with E-state index in [1.165, 1.54) is 0 Å². The Morgan fingerprint density at radius 3 is 2.15 bits per heavy atom. The van der Waals surface area contributed by atoms with Gasteiger partial charge >= 0.3 is 5.97 Å². The van der Waals surface area contributed by atoms with Crippen LogP contribution in [-0.2, 0) is 4.79 Å². The van der Waals surface area contributed by atoms with Crippen molar-refractivity contribution in [1.82, 2.24) is 5.32 Å². The van der Waals surface area contributed by atoms with Gasteiger partial charge in [-0.3, -0.25) is 4.79 Å². The number of aliphatic carboxylic acids is 1. The van der Waals surface area contributed by atoms with E-state index >= 15 is 0 Å². The number of carbonyl (C=O) groups is 1. The van der Waals surface area contributed by atoms with Gasteiger partial charge in [-0.1, -0.05) is 0 Å². The van der Waals surface area contributed by atoms with Gasteiger partial charge in [-0.15, -0.1) is 11.6 Å². The first-order valence-corrected chi connectivity index (χ1v) is 4.83. The summed E-state index contributed by atoms with van der Waals surface area (Å²) in [5.41, 5.74) is 0. The number of carboxylic acids is 1. The van der Waals surface area contributed by atoms with Gasteiger partial charge in [0.2, 0.25) is 0 Å². The van der Waals surface area contributed by atoms with Crippen molar-refractivity contribution < 1.29 is 9.90 Å². The van der Waals surface area contributed by atoms with Gasteiger partial charge in [0, 0.05) is 4.87 Å². The van der Waals surface area contributed by atoms with Crippen LogP contribution >= 0.6 is 11.6 Å². The number of rotatable bonds is 1. The van der Waals surface area contributed by atoms with Crippen molar-refractivity contribution in [2.45, 2.75) is 44.5 Å². The lowest BCUT2D eigenvalue weighted by molar-refractivity contribution is -0.139. The Hall–Kier alpha value is -0.280. The molecule has 1 heterocycles. The van der Waals surface area contributed by atoms with Crippen LogP contribution < -0.4 is 5.32 Å². The van der Waals surface area contributed by atoms with Gasteiger partial charge in [-0.25, -0.2) is 0 Å². The van der Waals surface area contributed by atoms with Crippen LogP contribution in [0.1, 0.15) is 33.6 Å². The first kappa shape index (κ1) is 12.7. The topological polar surface area (TPSA) is 49.3 Å². The van der Waals surface area contributed by atoms with Crippen LogP contribution in [0.15, 0.2) is 0 Å². The normalized spacial score (nSPS) is 22.0. The Balaban J connectivity index is 0.000000252. The van der Waals surface area contributed by atoms with Crippen LogP contribution in [0.2, 0.25) is 0 Å². The summed E-state index contributed by atoms with van der Waals surface area (Å²) in [6.45, 7) is 6.72. The summed E-state index contributed by atoms with van der Waals surface area (Å²) < 4.78 is 0. The average molecular weight is 208 g/mol. The van der Waals surface area contributed by atoms with Crippen molar-refractivity contribution in [3.8, 4) is 0 Å². The molecule has 0 saturated carbocycles. The molecule has 1 aliphatic rings. The zero-order chi connectivity index (χ0) is 10.5. The summed E-state index contributed by atoms with van der Waals surface area (Å²) in [4.78, 5) is 10.1. The number of halogens is 1. The van der Waals surface area contributed by atoms with Gasteiger partial charge in [0.05, 0.1) is 0 Å². The standard InChI is InChI=1S/C5H9NO2.C4H9Cl/c7-5(8)4-2-1-3-6-4;1-4(2,3)5/h4,6H,1-3H2,(H,7,8);1-3H3/t4-;/m1./s1. The van der Waals surface area contributed by atoms with E-state index in [9.17, 15) is 4.79 Å². The molecule has 1 fully saturated rings. The summed E-state index contributed by atoms with van der Waals surface area (Å²) in [5.74, 6) is -0.720. The molecule has 0 amide bonds. The van der Waals surface area contributed by atoms with Crippen molar-refractivity contribution in [2.75, 3.05) is 6.54 Å². The molecular weight excluding hydrogens is 190 g/mol. The van der Waals surface area contributed by atoms with E-state index in [0.717, 1.165) is 19.4 Å². The lowest BCUT2D eigenvalue weighted by atomic mass is 10.2. The van der Waals surface area contributed by atoms with Gasteiger partial charge in [0.15, 0.2) is 0 Å². The lowest BCUT2D eigenvalue weighted by Crippen LogP contribution is -2.29. The second kappa shape index (κ2) is 5.45. The van der Waals surface area contributed by atoms with E-state index in [1.807, 2.05) is 20.8 Å². The molecule has 1 rings (SSSR count). The molecule has 3 nitrogen and oxygen atoms in total. The third kappa shape index (κ3) is 9.64. The molecule has 0 aliphatic carbocycles. The van der Waals surface area contributed by atoms with Crippen LogP contribution in [0.5, 0.6) is 0 Å². The molecule has 0 aromatic carbocycles. The number of alkyl halides is 1. The van der Waals surface area contributed by atoms with E-state index in [1.54, 1.807) is 0 Å². The highest BCUT2D eigenvalue weighted by Crippen LogP contribution is 2.08. The summed E-state index contributed by atoms with van der Waals surface area (Å²) in [7, 11) is 0. The Kier molecular flexibility index (Phi) is 5.33. The van der Waals surface area contributed by atoms with Crippen LogP contribution in [0.4, 0.5) is 0 Å². The molecule has 0 bridgehead atoms. The number of hydrogen-bond acceptors (Lipinski definition) is 2. The maximum atomic E-state index is 10.1. The van der Waals surface area contributed by atoms with E-state index in [4.69, 9.17) is 16.7 Å². The average Bonchev–Trinajstić information content (AvgIpc) is 2.31. The lowest BCUT2D eigenvalue weighted by Gasteiger charge is -2.01. The molecule has 78 valence electrons. The smallest absolute Gasteiger partial charge is 0.320 e. The zero-order valence-corrected chi connectivity index (χ0v) is 9.19. The maximum Gasteiger partial charge on any atom is 0.320 e. The predicted octanol–water partition coefficient (Wildman–Crippen LogP) is 1.85. The molecule has 13 heavy (non-hydrogen) atoms. The fourth-order valence-electron chi connectivity index (χ4n) is 0.895. The van der Waals surface area contributed by atoms with Crippen molar-refractivity contribution in [1.29, 1.82) is 0 Å². The summed E-state index contributed by atoms with van der Waals surface area (Å²) >= 11 is 5.53. The van der Waals surface area contributed by atoms with E-state index < -0.39 is 5.97 Å². The minimum Gasteiger partial charge on any atom is -0.480 e. The van der Waals surface area contributed by atoms with Crippen molar-refractivity contribution >= 4 is 17.6 Å². The third-order valence-electron chi connectivity index (χ3n) is 1.36. The van der Waals surface area contributed by atoms with Gasteiger partial charge in [0.25, 0.3) is 0 Å². The molecule has 0 radical (unpaired) electrons. The van der Waals surface area contributed by atoms with Crippen LogP contribution in [0, 0.1) is 0 Å². The van der Waals surface area contributed by atoms with E-state index in [0.29, 0.717) is 0 Å². The van der Waals surface area contributed by atoms with Gasteiger partial charge in [0.1, 0.15) is 6.04 Å². The van der Waals surface area contributed by atoms with Crippen LogP contribution in [0.25, 0.3) is 0 Å². The van der Waals surface area contributed by atoms with Crippen molar-refractivity contribution in [2.24, 2.45) is 0 Å². The maximum absolute atomic E-state index is 10.1. The highest BCUT2D eigenvalue weighted by atomic mass is 35.5. The minimum atomic E-state index is -0.720. The molecule has 1 aliphatic heterocycles. The molecule has 0 aromatic rings. The first-order valence-electron chi connectivity index (χ1n) is 4.46. The summed E-state index contributed by atoms with van der Waals surface area (Å²) in [6.07, 6.45) is 1.78. The Morgan fingerprint density at radius 2 is 2.00 bits per heavy atom. The largest absolute Gasteiger partial charge is 0.480 e. The fourth-order valence-corrected chi connectivity index (χ4v) is 0.895. The molecule has 2 N–H and O–H groups in total. The SMILES string of the molecule is CC(C)(C)Cl.O=C(O)[C@H]1CCCN1. The Morgan fingerprint density at radius 1 is 1.54 bits per heavy atom. The van der Waals surface area contributed by atoms with Crippen LogP contribution in [-0.4, -0.2) is 28.5 Å². The quantitative estimate of drug-likeness (QED) is 0.646. The van der Waals surface area contributed by atoms with E-state index in [2.05, 4.69) is 5.32 Å². The number of nitrogens with one attached hydrogen (secondary N) is 1. The monoisotopic (exact) mass is 207 g/mol. The zero-order valence-electron chi connectivity index (χ0n) is 8.43. The fraction of sp³-hybridized carbons (Fsp3) is 0.889. The minimum absolute atomic E-state index is 0.0278. The molecule has 0 spiro atoms. The van der Waals surface area contributed by atoms with Gasteiger partial charge in [-0.2, -0.15) is 0 Å². The Labute approximate surface area is 84.5 Å². The first-order chi connectivity index (χ1) is 5.80. The second-order valence-electron chi connectivity index (χ2n) is 4.05. The second-order valence-corrected chi connectivity index (χ2v) is 5.19. The van der Waals surface area contributed by atoms with Gasteiger partial charge < -0.3 is 10.4 Å². The molecule has 4 heteroatoms. The molecule has 1 atom stereocenters. The number of hydrogen-bond donors (Lipinski definition) is 2. The third-order valence-corrected chi connectivity index (χ3v) is 1.36. The van der Waals surface area contributed by atoms with Gasteiger partial charge in [-0.05, 0) is 40.2 Å². The predicted molar refractivity (Wildman–Crippen MR) is 54.3 cm³/mol. The van der Waals surface area contributed by atoms with Crippen molar-refractivity contribution in [3.63, 3.8) is 0 Å². The highest BCUT2D eigenvalue weighted by Gasteiger charge is 2.20. The summed E-state index contributed by atoms with van der Waals surface area (Å²) in [5, 5.41) is 11.2. The summed E-state index contributed by atoms with van der Waals surface area (Å²) in [6, 6.07) is -0.269. The van der Waals surface area contributed by atoms with E-state index in [-0.39, 0.29) is 10.9 Å². The molecule has 0 aromatic heterocycles. The Bertz CT molecular complexity index is 153. The van der Waals surface area contributed by atoms with Crippen molar-refractivity contribution in [3.05, 3.63) is 0 Å². The molecular formula is C9H18ClNO2.